The molecule has 0 N–H and O–H groups in total. The van der Waals surface area contributed by atoms with Crippen molar-refractivity contribution in [3.05, 3.63) is 35.9 Å². The fraction of sp³-hybridized carbons (Fsp3) is 0.579. The Balaban J connectivity index is 1.55. The summed E-state index contributed by atoms with van der Waals surface area (Å²) in [6.45, 7) is 4.28. The second kappa shape index (κ2) is 6.69. The first kappa shape index (κ1) is 17.0. The number of terminal acetylenes is 1. The Labute approximate surface area is 147 Å². The van der Waals surface area contributed by atoms with Crippen molar-refractivity contribution in [1.29, 1.82) is 0 Å². The molecule has 1 aromatic rings. The van der Waals surface area contributed by atoms with Crippen molar-refractivity contribution < 1.29 is 28.4 Å². The van der Waals surface area contributed by atoms with E-state index >= 15 is 0 Å². The highest BCUT2D eigenvalue weighted by Gasteiger charge is 2.60. The number of rotatable bonds is 4. The van der Waals surface area contributed by atoms with Crippen LogP contribution in [0.1, 0.15) is 25.7 Å². The molecule has 0 aliphatic carbocycles. The molecule has 134 valence electrons. The minimum Gasteiger partial charge on any atom is -0.366 e. The second-order valence-electron chi connectivity index (χ2n) is 6.81. The van der Waals surface area contributed by atoms with Crippen LogP contribution in [-0.2, 0) is 28.4 Å². The van der Waals surface area contributed by atoms with E-state index in [0.29, 0.717) is 6.61 Å². The lowest BCUT2D eigenvalue weighted by molar-refractivity contribution is -0.314. The van der Waals surface area contributed by atoms with Crippen LogP contribution < -0.4 is 0 Å². The van der Waals surface area contributed by atoms with Crippen molar-refractivity contribution >= 4 is 0 Å². The van der Waals surface area contributed by atoms with Crippen LogP contribution in [-0.4, -0.2) is 49.7 Å². The minimum atomic E-state index is -0.695. The Kier molecular flexibility index (Phi) is 4.54. The maximum atomic E-state index is 6.19. The van der Waals surface area contributed by atoms with Crippen molar-refractivity contribution in [2.24, 2.45) is 0 Å². The first-order chi connectivity index (χ1) is 12.1. The maximum Gasteiger partial charge on any atom is 0.190 e. The fourth-order valence-corrected chi connectivity index (χ4v) is 3.50. The molecule has 6 atom stereocenters. The summed E-state index contributed by atoms with van der Waals surface area (Å²) < 4.78 is 35.6. The lowest BCUT2D eigenvalue weighted by Gasteiger charge is -2.39. The van der Waals surface area contributed by atoms with Gasteiger partial charge in [-0.15, -0.1) is 6.42 Å². The number of hydrogen-bond acceptors (Lipinski definition) is 6. The average Bonchev–Trinajstić information content (AvgIpc) is 3.08. The van der Waals surface area contributed by atoms with Gasteiger partial charge in [0.1, 0.15) is 31.0 Å². The topological polar surface area (TPSA) is 55.4 Å². The van der Waals surface area contributed by atoms with Gasteiger partial charge < -0.3 is 28.4 Å². The summed E-state index contributed by atoms with van der Waals surface area (Å²) in [4.78, 5) is 0. The lowest BCUT2D eigenvalue weighted by atomic mass is 10.0. The highest BCUT2D eigenvalue weighted by atomic mass is 16.9. The smallest absolute Gasteiger partial charge is 0.190 e. The van der Waals surface area contributed by atoms with Crippen molar-refractivity contribution in [1.82, 2.24) is 0 Å². The maximum absolute atomic E-state index is 6.19. The van der Waals surface area contributed by atoms with Crippen LogP contribution in [0, 0.1) is 12.3 Å². The Morgan fingerprint density at radius 1 is 1.04 bits per heavy atom. The molecule has 3 aliphatic heterocycles. The zero-order valence-electron chi connectivity index (χ0n) is 14.3. The molecule has 6 nitrogen and oxygen atoms in total. The Hall–Kier alpha value is -1.46. The van der Waals surface area contributed by atoms with E-state index in [1.165, 1.54) is 0 Å². The monoisotopic (exact) mass is 346 g/mol. The van der Waals surface area contributed by atoms with Crippen LogP contribution in [0.5, 0.6) is 0 Å². The van der Waals surface area contributed by atoms with Gasteiger partial charge in [-0.1, -0.05) is 36.3 Å². The molecule has 0 spiro atoms. The van der Waals surface area contributed by atoms with Crippen LogP contribution in [0.2, 0.25) is 0 Å². The van der Waals surface area contributed by atoms with E-state index in [1.807, 2.05) is 44.2 Å². The summed E-state index contributed by atoms with van der Waals surface area (Å²) in [5.41, 5.74) is 0.935. The first-order valence-corrected chi connectivity index (χ1v) is 8.45. The number of fused-ring (bicyclic) bond motifs is 3. The van der Waals surface area contributed by atoms with Crippen molar-refractivity contribution in [2.75, 3.05) is 13.2 Å². The normalized spacial score (nSPS) is 38.8. The minimum absolute atomic E-state index is 0.223. The molecule has 1 aromatic carbocycles. The summed E-state index contributed by atoms with van der Waals surface area (Å²) in [7, 11) is 0. The third-order valence-corrected chi connectivity index (χ3v) is 4.51. The first-order valence-electron chi connectivity index (χ1n) is 8.45. The third-order valence-electron chi connectivity index (χ3n) is 4.51. The summed E-state index contributed by atoms with van der Waals surface area (Å²) in [5, 5.41) is 0. The molecule has 3 saturated heterocycles. The lowest BCUT2D eigenvalue weighted by Crippen LogP contribution is -2.51. The third kappa shape index (κ3) is 3.32. The number of benzene rings is 1. The van der Waals surface area contributed by atoms with E-state index in [4.69, 9.17) is 34.8 Å². The van der Waals surface area contributed by atoms with E-state index in [2.05, 4.69) is 5.92 Å². The predicted molar refractivity (Wildman–Crippen MR) is 87.3 cm³/mol. The molecule has 3 heterocycles. The molecule has 0 saturated carbocycles. The van der Waals surface area contributed by atoms with Gasteiger partial charge in [0.25, 0.3) is 0 Å². The molecule has 0 aromatic heterocycles. The van der Waals surface area contributed by atoms with Crippen LogP contribution in [0.3, 0.4) is 0 Å². The van der Waals surface area contributed by atoms with E-state index < -0.39 is 18.4 Å². The largest absolute Gasteiger partial charge is 0.366 e. The molecular weight excluding hydrogens is 324 g/mol. The van der Waals surface area contributed by atoms with Gasteiger partial charge in [-0.25, -0.2) is 0 Å². The van der Waals surface area contributed by atoms with E-state index in [9.17, 15) is 0 Å². The Morgan fingerprint density at radius 2 is 1.84 bits per heavy atom. The summed E-state index contributed by atoms with van der Waals surface area (Å²) in [5.74, 6) is 1.77. The number of hydrogen-bond donors (Lipinski definition) is 0. The van der Waals surface area contributed by atoms with Crippen LogP contribution >= 0.6 is 0 Å². The molecule has 0 bridgehead atoms. The molecule has 3 fully saturated rings. The predicted octanol–water partition coefficient (Wildman–Crippen LogP) is 2.00. The summed E-state index contributed by atoms with van der Waals surface area (Å²) in [6, 6.07) is 9.78. The Bertz CT molecular complexity index is 639. The van der Waals surface area contributed by atoms with Gasteiger partial charge in [-0.05, 0) is 13.8 Å². The van der Waals surface area contributed by atoms with Gasteiger partial charge in [0.15, 0.2) is 18.4 Å². The standard InChI is InChI=1S/C19H22O6/c1-4-10-20-11-13-14-15(16-18(22-14)25-19(2,3)24-16)23-17(21-13)12-8-6-5-7-9-12/h1,5-9,13-18H,10-11H2,2-3H3/t13-,14-,15+,16-,17?,18-/m1/s1. The molecule has 25 heavy (non-hydrogen) atoms. The van der Waals surface area contributed by atoms with Gasteiger partial charge in [0.05, 0.1) is 6.61 Å². The zero-order chi connectivity index (χ0) is 17.4. The van der Waals surface area contributed by atoms with Crippen LogP contribution in [0.15, 0.2) is 30.3 Å². The van der Waals surface area contributed by atoms with E-state index in [0.717, 1.165) is 5.56 Å². The molecule has 0 radical (unpaired) electrons. The zero-order valence-corrected chi connectivity index (χ0v) is 14.3. The molecule has 3 aliphatic rings. The second-order valence-corrected chi connectivity index (χ2v) is 6.81. The Morgan fingerprint density at radius 3 is 2.60 bits per heavy atom. The highest BCUT2D eigenvalue weighted by molar-refractivity contribution is 5.17. The average molecular weight is 346 g/mol. The van der Waals surface area contributed by atoms with Gasteiger partial charge >= 0.3 is 0 Å². The van der Waals surface area contributed by atoms with Gasteiger partial charge in [0, 0.05) is 5.56 Å². The highest BCUT2D eigenvalue weighted by Crippen LogP contribution is 2.44. The van der Waals surface area contributed by atoms with Gasteiger partial charge in [-0.3, -0.25) is 0 Å². The molecular formula is C19H22O6. The fourth-order valence-electron chi connectivity index (χ4n) is 3.50. The van der Waals surface area contributed by atoms with Crippen molar-refractivity contribution in [3.63, 3.8) is 0 Å². The van der Waals surface area contributed by atoms with E-state index in [1.54, 1.807) is 0 Å². The van der Waals surface area contributed by atoms with Crippen LogP contribution in [0.4, 0.5) is 0 Å². The van der Waals surface area contributed by atoms with Gasteiger partial charge in [-0.2, -0.15) is 0 Å². The summed E-state index contributed by atoms with van der Waals surface area (Å²) >= 11 is 0. The molecule has 4 rings (SSSR count). The van der Waals surface area contributed by atoms with Crippen molar-refractivity contribution in [3.8, 4) is 12.3 Å². The molecule has 6 heteroatoms. The molecule has 1 unspecified atom stereocenters. The molecule has 0 amide bonds. The van der Waals surface area contributed by atoms with Crippen molar-refractivity contribution in [2.45, 2.75) is 56.6 Å². The SMILES string of the molecule is C#CCOC[C@H]1OC(c2ccccc2)O[C@@H]2[C@H]3OC(C)(C)O[C@H]3O[C@@H]21. The van der Waals surface area contributed by atoms with Gasteiger partial charge in [0.2, 0.25) is 0 Å². The number of ether oxygens (including phenoxy) is 6. The quantitative estimate of drug-likeness (QED) is 0.614. The van der Waals surface area contributed by atoms with Crippen LogP contribution in [0.25, 0.3) is 0 Å². The van der Waals surface area contributed by atoms with E-state index in [-0.39, 0.29) is 31.0 Å². The summed E-state index contributed by atoms with van der Waals surface area (Å²) in [6.07, 6.45) is 3.02.